The Morgan fingerprint density at radius 1 is 1.38 bits per heavy atom. The highest BCUT2D eigenvalue weighted by atomic mass is 32.1. The first-order valence-electron chi connectivity index (χ1n) is 8.51. The highest BCUT2D eigenvalue weighted by molar-refractivity contribution is 7.09. The summed E-state index contributed by atoms with van der Waals surface area (Å²) < 4.78 is 5.20. The van der Waals surface area contributed by atoms with Gasteiger partial charge in [0.15, 0.2) is 0 Å². The molecule has 7 heteroatoms. The Hall–Kier alpha value is -1.02. The number of hydrogen-bond donors (Lipinski definition) is 1. The van der Waals surface area contributed by atoms with Crippen LogP contribution in [0.2, 0.25) is 0 Å². The SMILES string of the molecule is COC(CN)CC(=O)N1CCN(Cc2csc(C(C)(C)C)n2)CC1. The first-order valence-corrected chi connectivity index (χ1v) is 9.39. The molecule has 0 radical (unpaired) electrons. The maximum atomic E-state index is 12.3. The van der Waals surface area contributed by atoms with Crippen LogP contribution in [0, 0.1) is 0 Å². The molecular weight excluding hydrogens is 324 g/mol. The number of nitrogens with zero attached hydrogens (tertiary/aromatic N) is 3. The van der Waals surface area contributed by atoms with E-state index in [2.05, 4.69) is 31.1 Å². The van der Waals surface area contributed by atoms with E-state index in [9.17, 15) is 4.79 Å². The predicted molar refractivity (Wildman–Crippen MR) is 97.1 cm³/mol. The van der Waals surface area contributed by atoms with Gasteiger partial charge in [-0.1, -0.05) is 20.8 Å². The molecule has 0 spiro atoms. The largest absolute Gasteiger partial charge is 0.380 e. The van der Waals surface area contributed by atoms with Crippen molar-refractivity contribution in [2.45, 2.75) is 45.3 Å². The fourth-order valence-corrected chi connectivity index (χ4v) is 3.59. The lowest BCUT2D eigenvalue weighted by atomic mass is 9.98. The molecule has 6 nitrogen and oxygen atoms in total. The van der Waals surface area contributed by atoms with E-state index in [-0.39, 0.29) is 17.4 Å². The third-order valence-electron chi connectivity index (χ3n) is 4.30. The highest BCUT2D eigenvalue weighted by Crippen LogP contribution is 2.26. The molecule has 0 saturated carbocycles. The van der Waals surface area contributed by atoms with E-state index in [1.54, 1.807) is 18.4 Å². The molecule has 1 aromatic rings. The molecule has 0 aromatic carbocycles. The van der Waals surface area contributed by atoms with Crippen LogP contribution >= 0.6 is 11.3 Å². The fraction of sp³-hybridized carbons (Fsp3) is 0.765. The Bertz CT molecular complexity index is 529. The number of thiazole rings is 1. The van der Waals surface area contributed by atoms with Crippen LogP contribution < -0.4 is 5.73 Å². The van der Waals surface area contributed by atoms with Gasteiger partial charge in [0, 0.05) is 57.2 Å². The minimum Gasteiger partial charge on any atom is -0.380 e. The Balaban J connectivity index is 1.80. The summed E-state index contributed by atoms with van der Waals surface area (Å²) in [6, 6.07) is 0. The Morgan fingerprint density at radius 2 is 2.04 bits per heavy atom. The molecule has 1 aromatic heterocycles. The number of piperazine rings is 1. The predicted octanol–water partition coefficient (Wildman–Crippen LogP) is 1.45. The van der Waals surface area contributed by atoms with Crippen molar-refractivity contribution in [3.05, 3.63) is 16.1 Å². The molecule has 24 heavy (non-hydrogen) atoms. The smallest absolute Gasteiger partial charge is 0.225 e. The second kappa shape index (κ2) is 8.38. The zero-order valence-corrected chi connectivity index (χ0v) is 16.1. The average molecular weight is 355 g/mol. The normalized spacial score (nSPS) is 18.0. The van der Waals surface area contributed by atoms with Crippen LogP contribution in [0.15, 0.2) is 5.38 Å². The van der Waals surface area contributed by atoms with Crippen molar-refractivity contribution in [2.75, 3.05) is 39.8 Å². The van der Waals surface area contributed by atoms with Gasteiger partial charge in [-0.05, 0) is 0 Å². The van der Waals surface area contributed by atoms with Crippen LogP contribution in [0.25, 0.3) is 0 Å². The first kappa shape index (κ1) is 19.3. The Labute approximate surface area is 149 Å². The monoisotopic (exact) mass is 354 g/mol. The third-order valence-corrected chi connectivity index (χ3v) is 5.62. The van der Waals surface area contributed by atoms with Crippen LogP contribution in [0.1, 0.15) is 37.9 Å². The van der Waals surface area contributed by atoms with Crippen molar-refractivity contribution in [1.29, 1.82) is 0 Å². The number of carbonyl (C=O) groups is 1. The van der Waals surface area contributed by atoms with Crippen molar-refractivity contribution in [1.82, 2.24) is 14.8 Å². The molecule has 1 amide bonds. The number of carbonyl (C=O) groups excluding carboxylic acids is 1. The number of aromatic nitrogens is 1. The fourth-order valence-electron chi connectivity index (χ4n) is 2.70. The summed E-state index contributed by atoms with van der Waals surface area (Å²) in [7, 11) is 1.60. The molecule has 2 rings (SSSR count). The van der Waals surface area contributed by atoms with Crippen molar-refractivity contribution >= 4 is 17.2 Å². The van der Waals surface area contributed by atoms with Gasteiger partial charge in [0.1, 0.15) is 0 Å². The number of amides is 1. The van der Waals surface area contributed by atoms with Crippen LogP contribution in [0.5, 0.6) is 0 Å². The first-order chi connectivity index (χ1) is 11.3. The van der Waals surface area contributed by atoms with E-state index in [4.69, 9.17) is 15.5 Å². The summed E-state index contributed by atoms with van der Waals surface area (Å²) in [6.45, 7) is 11.1. The van der Waals surface area contributed by atoms with Crippen molar-refractivity contribution in [3.8, 4) is 0 Å². The van der Waals surface area contributed by atoms with Gasteiger partial charge in [-0.25, -0.2) is 4.98 Å². The minimum atomic E-state index is -0.179. The zero-order valence-electron chi connectivity index (χ0n) is 15.2. The number of ether oxygens (including phenoxy) is 1. The van der Waals surface area contributed by atoms with Crippen LogP contribution in [-0.4, -0.2) is 66.6 Å². The van der Waals surface area contributed by atoms with Gasteiger partial charge in [-0.2, -0.15) is 0 Å². The lowest BCUT2D eigenvalue weighted by Gasteiger charge is -2.35. The van der Waals surface area contributed by atoms with Crippen molar-refractivity contribution < 1.29 is 9.53 Å². The number of hydrogen-bond acceptors (Lipinski definition) is 6. The molecule has 1 fully saturated rings. The average Bonchev–Trinajstić information content (AvgIpc) is 3.02. The molecule has 0 bridgehead atoms. The van der Waals surface area contributed by atoms with E-state index < -0.39 is 0 Å². The lowest BCUT2D eigenvalue weighted by Crippen LogP contribution is -2.49. The Morgan fingerprint density at radius 3 is 2.54 bits per heavy atom. The van der Waals surface area contributed by atoms with Gasteiger partial charge in [0.2, 0.25) is 5.91 Å². The number of nitrogens with two attached hydrogens (primary N) is 1. The van der Waals surface area contributed by atoms with Crippen molar-refractivity contribution in [3.63, 3.8) is 0 Å². The van der Waals surface area contributed by atoms with Crippen LogP contribution in [-0.2, 0) is 21.5 Å². The van der Waals surface area contributed by atoms with Crippen LogP contribution in [0.4, 0.5) is 0 Å². The molecule has 1 aliphatic rings. The van der Waals surface area contributed by atoms with Gasteiger partial charge in [0.05, 0.1) is 23.2 Å². The molecule has 2 N–H and O–H groups in total. The molecule has 1 aliphatic heterocycles. The standard InChI is InChI=1S/C17H30N4O2S/c1-17(2,3)16-19-13(12-24-16)11-20-5-7-21(8-6-20)15(22)9-14(10-18)23-4/h12,14H,5-11,18H2,1-4H3. The van der Waals surface area contributed by atoms with E-state index in [0.29, 0.717) is 13.0 Å². The van der Waals surface area contributed by atoms with Crippen molar-refractivity contribution in [2.24, 2.45) is 5.73 Å². The highest BCUT2D eigenvalue weighted by Gasteiger charge is 2.24. The quantitative estimate of drug-likeness (QED) is 0.837. The van der Waals surface area contributed by atoms with Crippen LogP contribution in [0.3, 0.4) is 0 Å². The maximum absolute atomic E-state index is 12.3. The van der Waals surface area contributed by atoms with Gasteiger partial charge >= 0.3 is 0 Å². The van der Waals surface area contributed by atoms with Gasteiger partial charge in [-0.15, -0.1) is 11.3 Å². The molecule has 2 heterocycles. The van der Waals surface area contributed by atoms with E-state index in [0.717, 1.165) is 38.4 Å². The van der Waals surface area contributed by atoms with Gasteiger partial charge < -0.3 is 15.4 Å². The number of rotatable bonds is 6. The zero-order chi connectivity index (χ0) is 17.7. The second-order valence-electron chi connectivity index (χ2n) is 7.35. The third kappa shape index (κ3) is 5.24. The summed E-state index contributed by atoms with van der Waals surface area (Å²) in [5.74, 6) is 0.135. The minimum absolute atomic E-state index is 0.106. The topological polar surface area (TPSA) is 71.7 Å². The molecule has 1 atom stereocenters. The lowest BCUT2D eigenvalue weighted by molar-refractivity contribution is -0.135. The summed E-state index contributed by atoms with van der Waals surface area (Å²) in [6.07, 6.45) is 0.190. The second-order valence-corrected chi connectivity index (χ2v) is 8.21. The maximum Gasteiger partial charge on any atom is 0.225 e. The molecule has 0 aliphatic carbocycles. The summed E-state index contributed by atoms with van der Waals surface area (Å²) in [5.41, 5.74) is 6.83. The molecule has 1 unspecified atom stereocenters. The summed E-state index contributed by atoms with van der Waals surface area (Å²) in [5, 5.41) is 3.33. The molecule has 136 valence electrons. The molecule has 1 saturated heterocycles. The van der Waals surface area contributed by atoms with E-state index in [1.165, 1.54) is 5.01 Å². The summed E-state index contributed by atoms with van der Waals surface area (Å²) >= 11 is 1.73. The van der Waals surface area contributed by atoms with Gasteiger partial charge in [0.25, 0.3) is 0 Å². The Kier molecular flexibility index (Phi) is 6.74. The molecular formula is C17H30N4O2S. The van der Waals surface area contributed by atoms with Gasteiger partial charge in [-0.3, -0.25) is 9.69 Å². The van der Waals surface area contributed by atoms with E-state index in [1.807, 2.05) is 4.90 Å². The number of methoxy groups -OCH3 is 1. The van der Waals surface area contributed by atoms with E-state index >= 15 is 0 Å². The summed E-state index contributed by atoms with van der Waals surface area (Å²) in [4.78, 5) is 21.3.